The van der Waals surface area contributed by atoms with Crippen LogP contribution in [0.4, 0.5) is 0 Å². The molecule has 116 valence electrons. The second-order valence-electron chi connectivity index (χ2n) is 4.79. The quantitative estimate of drug-likeness (QED) is 0.726. The lowest BCUT2D eigenvalue weighted by Crippen LogP contribution is -2.41. The van der Waals surface area contributed by atoms with Gasteiger partial charge in [0.15, 0.2) is 5.82 Å². The van der Waals surface area contributed by atoms with Crippen LogP contribution in [0.1, 0.15) is 38.1 Å². The zero-order valence-corrected chi connectivity index (χ0v) is 12.6. The van der Waals surface area contributed by atoms with Gasteiger partial charge >= 0.3 is 5.69 Å². The number of nitrogens with zero attached hydrogens (tertiary/aromatic N) is 7. The monoisotopic (exact) mass is 303 g/mol. The van der Waals surface area contributed by atoms with Crippen molar-refractivity contribution in [2.45, 2.75) is 46.3 Å². The fourth-order valence-corrected chi connectivity index (χ4v) is 2.06. The maximum atomic E-state index is 12.3. The van der Waals surface area contributed by atoms with Gasteiger partial charge in [-0.05, 0) is 23.8 Å². The summed E-state index contributed by atoms with van der Waals surface area (Å²) in [6, 6.07) is 1.81. The van der Waals surface area contributed by atoms with E-state index in [-0.39, 0.29) is 12.1 Å². The first kappa shape index (κ1) is 15.6. The number of unbranched alkanes of at least 4 members (excludes halogenated alkanes) is 1. The maximum absolute atomic E-state index is 12.3. The smallest absolute Gasteiger partial charge is 0.299 e. The second kappa shape index (κ2) is 6.80. The van der Waals surface area contributed by atoms with Crippen LogP contribution in [-0.4, -0.2) is 29.3 Å². The maximum Gasteiger partial charge on any atom is 0.331 e. The number of aryl methyl sites for hydroxylation is 2. The third kappa shape index (κ3) is 2.95. The van der Waals surface area contributed by atoms with Crippen LogP contribution in [0.25, 0.3) is 0 Å². The van der Waals surface area contributed by atoms with E-state index in [9.17, 15) is 9.59 Å². The van der Waals surface area contributed by atoms with Gasteiger partial charge in [-0.15, -0.1) is 5.10 Å². The van der Waals surface area contributed by atoms with Gasteiger partial charge in [-0.25, -0.2) is 9.48 Å². The Bertz CT molecular complexity index is 809. The van der Waals surface area contributed by atoms with Gasteiger partial charge in [-0.2, -0.15) is 5.26 Å². The summed E-state index contributed by atoms with van der Waals surface area (Å²) in [5, 5.41) is 20.3. The van der Waals surface area contributed by atoms with Crippen LogP contribution >= 0.6 is 0 Å². The Balaban J connectivity index is 2.46. The van der Waals surface area contributed by atoms with Crippen molar-refractivity contribution in [3.05, 3.63) is 38.4 Å². The molecule has 2 aromatic rings. The largest absolute Gasteiger partial charge is 0.331 e. The third-order valence-corrected chi connectivity index (χ3v) is 3.33. The van der Waals surface area contributed by atoms with E-state index in [2.05, 4.69) is 15.5 Å². The van der Waals surface area contributed by atoms with Crippen LogP contribution < -0.4 is 11.2 Å². The lowest BCUT2D eigenvalue weighted by molar-refractivity contribution is 0.509. The van der Waals surface area contributed by atoms with E-state index in [0.29, 0.717) is 18.9 Å². The molecule has 0 saturated heterocycles. The van der Waals surface area contributed by atoms with E-state index in [1.54, 1.807) is 11.6 Å². The fraction of sp³-hybridized carbons (Fsp3) is 0.538. The highest BCUT2D eigenvalue weighted by molar-refractivity contribution is 5.22. The standard InChI is InChI=1S/C13H17N7O2/c1-3-5-6-20-11(15-16-17-20)9-19-12(21)10(7-14)8-18(4-2)13(19)22/h8H,3-6,9H2,1-2H3. The number of hydrogen-bond acceptors (Lipinski definition) is 6. The number of hydrogen-bond donors (Lipinski definition) is 0. The Morgan fingerprint density at radius 3 is 2.73 bits per heavy atom. The van der Waals surface area contributed by atoms with Crippen molar-refractivity contribution in [1.82, 2.24) is 29.3 Å². The molecule has 22 heavy (non-hydrogen) atoms. The molecule has 0 aliphatic rings. The molecule has 0 N–H and O–H groups in total. The van der Waals surface area contributed by atoms with E-state index < -0.39 is 11.2 Å². The van der Waals surface area contributed by atoms with Crippen molar-refractivity contribution in [3.8, 4) is 6.07 Å². The summed E-state index contributed by atoms with van der Waals surface area (Å²) in [6.07, 6.45) is 3.15. The molecule has 2 rings (SSSR count). The number of rotatable bonds is 6. The van der Waals surface area contributed by atoms with Crippen molar-refractivity contribution in [2.24, 2.45) is 0 Å². The molecule has 0 aliphatic carbocycles. The molecule has 0 fully saturated rings. The zero-order valence-electron chi connectivity index (χ0n) is 12.6. The number of nitriles is 1. The first-order valence-electron chi connectivity index (χ1n) is 7.11. The Morgan fingerprint density at radius 1 is 1.32 bits per heavy atom. The summed E-state index contributed by atoms with van der Waals surface area (Å²) < 4.78 is 3.89. The van der Waals surface area contributed by atoms with Gasteiger partial charge in [-0.1, -0.05) is 13.3 Å². The van der Waals surface area contributed by atoms with Crippen molar-refractivity contribution >= 4 is 0 Å². The summed E-state index contributed by atoms with van der Waals surface area (Å²) >= 11 is 0. The highest BCUT2D eigenvalue weighted by atomic mass is 16.2. The van der Waals surface area contributed by atoms with E-state index in [0.717, 1.165) is 17.4 Å². The molecule has 2 aromatic heterocycles. The van der Waals surface area contributed by atoms with Gasteiger partial charge in [0.25, 0.3) is 5.56 Å². The van der Waals surface area contributed by atoms with Gasteiger partial charge in [-0.3, -0.25) is 13.9 Å². The zero-order chi connectivity index (χ0) is 16.1. The number of aromatic nitrogens is 6. The number of tetrazole rings is 1. The van der Waals surface area contributed by atoms with Crippen LogP contribution in [0.3, 0.4) is 0 Å². The Morgan fingerprint density at radius 2 is 2.09 bits per heavy atom. The predicted molar refractivity (Wildman–Crippen MR) is 77.2 cm³/mol. The summed E-state index contributed by atoms with van der Waals surface area (Å²) in [4.78, 5) is 24.5. The minimum Gasteiger partial charge on any atom is -0.299 e. The molecule has 0 amide bonds. The summed E-state index contributed by atoms with van der Waals surface area (Å²) in [5.41, 5.74) is -1.17. The topological polar surface area (TPSA) is 111 Å². The second-order valence-corrected chi connectivity index (χ2v) is 4.79. The summed E-state index contributed by atoms with van der Waals surface area (Å²) in [7, 11) is 0. The molecule has 9 nitrogen and oxygen atoms in total. The van der Waals surface area contributed by atoms with Crippen molar-refractivity contribution in [3.63, 3.8) is 0 Å². The van der Waals surface area contributed by atoms with Gasteiger partial charge in [0, 0.05) is 19.3 Å². The molecule has 0 aliphatic heterocycles. The minimum atomic E-state index is -0.623. The molecule has 0 aromatic carbocycles. The summed E-state index contributed by atoms with van der Waals surface area (Å²) in [6.45, 7) is 4.75. The molecule has 0 saturated carbocycles. The van der Waals surface area contributed by atoms with E-state index in [1.807, 2.05) is 13.0 Å². The predicted octanol–water partition coefficient (Wildman–Crippen LogP) is -0.264. The Hall–Kier alpha value is -2.76. The first-order chi connectivity index (χ1) is 10.6. The van der Waals surface area contributed by atoms with E-state index in [4.69, 9.17) is 5.26 Å². The van der Waals surface area contributed by atoms with Gasteiger partial charge in [0.1, 0.15) is 11.6 Å². The molecule has 0 spiro atoms. The molecular formula is C13H17N7O2. The fourth-order valence-electron chi connectivity index (χ4n) is 2.06. The van der Waals surface area contributed by atoms with Crippen molar-refractivity contribution in [1.29, 1.82) is 5.26 Å². The molecule has 2 heterocycles. The minimum absolute atomic E-state index is 0.0517. The molecule has 9 heteroatoms. The van der Waals surface area contributed by atoms with Gasteiger partial charge in [0.2, 0.25) is 0 Å². The van der Waals surface area contributed by atoms with Gasteiger partial charge in [0.05, 0.1) is 6.54 Å². The molecule has 0 bridgehead atoms. The van der Waals surface area contributed by atoms with Crippen molar-refractivity contribution in [2.75, 3.05) is 0 Å². The summed E-state index contributed by atoms with van der Waals surface area (Å²) in [5.74, 6) is 0.422. The highest BCUT2D eigenvalue weighted by Crippen LogP contribution is 1.98. The Labute approximate surface area is 126 Å². The van der Waals surface area contributed by atoms with E-state index >= 15 is 0 Å². The van der Waals surface area contributed by atoms with Crippen LogP contribution in [0, 0.1) is 11.3 Å². The van der Waals surface area contributed by atoms with Crippen LogP contribution in [0.5, 0.6) is 0 Å². The average Bonchev–Trinajstić information content (AvgIpc) is 2.97. The lowest BCUT2D eigenvalue weighted by atomic mass is 10.3. The van der Waals surface area contributed by atoms with Gasteiger partial charge < -0.3 is 0 Å². The normalized spacial score (nSPS) is 10.6. The van der Waals surface area contributed by atoms with E-state index in [1.165, 1.54) is 10.8 Å². The van der Waals surface area contributed by atoms with Crippen LogP contribution in [0.2, 0.25) is 0 Å². The molecule has 0 atom stereocenters. The molecule has 0 unspecified atom stereocenters. The van der Waals surface area contributed by atoms with Crippen LogP contribution in [-0.2, 0) is 19.6 Å². The molecular weight excluding hydrogens is 286 g/mol. The Kier molecular flexibility index (Phi) is 4.83. The van der Waals surface area contributed by atoms with Crippen molar-refractivity contribution < 1.29 is 0 Å². The van der Waals surface area contributed by atoms with Crippen LogP contribution in [0.15, 0.2) is 15.8 Å². The lowest BCUT2D eigenvalue weighted by Gasteiger charge is -2.09. The molecule has 0 radical (unpaired) electrons. The highest BCUT2D eigenvalue weighted by Gasteiger charge is 2.14. The third-order valence-electron chi connectivity index (χ3n) is 3.33. The SMILES string of the molecule is CCCCn1nnnc1Cn1c(=O)c(C#N)cn(CC)c1=O. The average molecular weight is 303 g/mol. The first-order valence-corrected chi connectivity index (χ1v) is 7.11.